The molecule has 1 fully saturated rings. The fourth-order valence-corrected chi connectivity index (χ4v) is 3.38. The van der Waals surface area contributed by atoms with Crippen LogP contribution in [0.1, 0.15) is 53.9 Å². The number of cyclic esters (lactones) is 1. The summed E-state index contributed by atoms with van der Waals surface area (Å²) in [7, 11) is 0. The van der Waals surface area contributed by atoms with Crippen molar-refractivity contribution in [1.82, 2.24) is 0 Å². The lowest BCUT2D eigenvalue weighted by atomic mass is 9.78. The first kappa shape index (κ1) is 24.6. The summed E-state index contributed by atoms with van der Waals surface area (Å²) in [6, 6.07) is 0. The van der Waals surface area contributed by atoms with Gasteiger partial charge >= 0.3 is 11.9 Å². The smallest absolute Gasteiger partial charge is 0.330 e. The average molecular weight is 402 g/mol. The molecule has 1 saturated heterocycles. The third-order valence-electron chi connectivity index (χ3n) is 5.38. The van der Waals surface area contributed by atoms with Crippen LogP contribution in [0, 0.1) is 11.8 Å². The number of rotatable bonds is 6. The predicted octanol–water partition coefficient (Wildman–Crippen LogP) is 0.696. The zero-order chi connectivity index (χ0) is 21.6. The van der Waals surface area contributed by atoms with Gasteiger partial charge in [0.05, 0.1) is 24.2 Å². The molecule has 4 N–H and O–H groups in total. The molecule has 28 heavy (non-hydrogen) atoms. The van der Waals surface area contributed by atoms with E-state index in [0.717, 1.165) is 18.9 Å². The number of carbonyl (C=O) groups excluding carboxylic acids is 2. The summed E-state index contributed by atoms with van der Waals surface area (Å²) in [6.07, 6.45) is -1.13. The van der Waals surface area contributed by atoms with Crippen molar-refractivity contribution in [3.8, 4) is 0 Å². The molecule has 0 aromatic rings. The third-order valence-corrected chi connectivity index (χ3v) is 5.38. The fourth-order valence-electron chi connectivity index (χ4n) is 3.38. The van der Waals surface area contributed by atoms with Gasteiger partial charge in [0.2, 0.25) is 0 Å². The number of unbranched alkanes of at least 4 members (excludes halogenated alkanes) is 1. The Labute approximate surface area is 166 Å². The molecule has 0 saturated carbocycles. The molecule has 1 aliphatic heterocycles. The fraction of sp³-hybridized carbons (Fsp3) is 0.800. The maximum absolute atomic E-state index is 12.2. The second-order valence-corrected chi connectivity index (χ2v) is 7.88. The van der Waals surface area contributed by atoms with Gasteiger partial charge in [0.15, 0.2) is 0 Å². The van der Waals surface area contributed by atoms with Gasteiger partial charge in [-0.05, 0) is 33.3 Å². The summed E-state index contributed by atoms with van der Waals surface area (Å²) in [5.41, 5.74) is -2.02. The van der Waals surface area contributed by atoms with Crippen molar-refractivity contribution in [3.05, 3.63) is 12.2 Å². The molecule has 0 spiro atoms. The van der Waals surface area contributed by atoms with Crippen LogP contribution in [-0.2, 0) is 19.1 Å². The topological polar surface area (TPSA) is 134 Å². The van der Waals surface area contributed by atoms with Crippen LogP contribution in [0.25, 0.3) is 0 Å². The van der Waals surface area contributed by atoms with E-state index in [2.05, 4.69) is 0 Å². The molecule has 8 atom stereocenters. The summed E-state index contributed by atoms with van der Waals surface area (Å²) in [5, 5.41) is 41.3. The van der Waals surface area contributed by atoms with Crippen LogP contribution in [0.5, 0.6) is 0 Å². The number of hydrogen-bond donors (Lipinski definition) is 4. The number of carbonyl (C=O) groups is 2. The Morgan fingerprint density at radius 3 is 2.46 bits per heavy atom. The van der Waals surface area contributed by atoms with Crippen molar-refractivity contribution >= 4 is 11.9 Å². The van der Waals surface area contributed by atoms with E-state index in [-0.39, 0.29) is 0 Å². The minimum Gasteiger partial charge on any atom is -0.458 e. The van der Waals surface area contributed by atoms with E-state index in [1.807, 2.05) is 6.92 Å². The number of ether oxygens (including phenoxy) is 2. The first-order valence-electron chi connectivity index (χ1n) is 9.79. The van der Waals surface area contributed by atoms with Gasteiger partial charge in [-0.2, -0.15) is 0 Å². The summed E-state index contributed by atoms with van der Waals surface area (Å²) in [5.74, 6) is -3.47. The molecule has 162 valence electrons. The molecule has 0 aromatic carbocycles. The zero-order valence-corrected chi connectivity index (χ0v) is 17.2. The van der Waals surface area contributed by atoms with E-state index in [1.165, 1.54) is 33.8 Å². The van der Waals surface area contributed by atoms with Gasteiger partial charge in [0.25, 0.3) is 0 Å². The van der Waals surface area contributed by atoms with Crippen LogP contribution in [0.15, 0.2) is 12.2 Å². The Bertz CT molecular complexity index is 558. The lowest BCUT2D eigenvalue weighted by Crippen LogP contribution is -2.57. The van der Waals surface area contributed by atoms with E-state index in [0.29, 0.717) is 6.42 Å². The van der Waals surface area contributed by atoms with E-state index in [1.54, 1.807) is 0 Å². The van der Waals surface area contributed by atoms with Crippen LogP contribution in [0.3, 0.4) is 0 Å². The van der Waals surface area contributed by atoms with Crippen LogP contribution in [0.2, 0.25) is 0 Å². The normalized spacial score (nSPS) is 38.2. The number of aliphatic hydroxyl groups is 4. The second-order valence-electron chi connectivity index (χ2n) is 7.88. The molecule has 0 aliphatic carbocycles. The number of hydrogen-bond acceptors (Lipinski definition) is 8. The first-order chi connectivity index (χ1) is 12.9. The van der Waals surface area contributed by atoms with Gasteiger partial charge in [0.1, 0.15) is 17.8 Å². The van der Waals surface area contributed by atoms with Crippen molar-refractivity contribution in [3.63, 3.8) is 0 Å². The van der Waals surface area contributed by atoms with E-state index in [9.17, 15) is 30.0 Å². The second kappa shape index (κ2) is 10.3. The largest absolute Gasteiger partial charge is 0.458 e. The Morgan fingerprint density at radius 1 is 1.29 bits per heavy atom. The summed E-state index contributed by atoms with van der Waals surface area (Å²) >= 11 is 0. The Morgan fingerprint density at radius 2 is 1.89 bits per heavy atom. The molecule has 1 aliphatic rings. The van der Waals surface area contributed by atoms with Crippen molar-refractivity contribution in [2.75, 3.05) is 0 Å². The molecule has 0 radical (unpaired) electrons. The van der Waals surface area contributed by atoms with Gasteiger partial charge in [-0.25, -0.2) is 4.79 Å². The molecule has 8 nitrogen and oxygen atoms in total. The number of esters is 2. The minimum absolute atomic E-state index is 0.519. The lowest BCUT2D eigenvalue weighted by Gasteiger charge is -2.39. The molecule has 1 rings (SSSR count). The Balaban J connectivity index is 3.00. The highest BCUT2D eigenvalue weighted by Crippen LogP contribution is 2.32. The molecule has 0 aromatic heterocycles. The highest BCUT2D eigenvalue weighted by atomic mass is 16.6. The van der Waals surface area contributed by atoms with E-state index in [4.69, 9.17) is 9.47 Å². The monoisotopic (exact) mass is 402 g/mol. The first-order valence-corrected chi connectivity index (χ1v) is 9.79. The van der Waals surface area contributed by atoms with Crippen LogP contribution < -0.4 is 0 Å². The van der Waals surface area contributed by atoms with Crippen LogP contribution in [0.4, 0.5) is 0 Å². The van der Waals surface area contributed by atoms with Crippen molar-refractivity contribution in [2.24, 2.45) is 11.8 Å². The lowest BCUT2D eigenvalue weighted by molar-refractivity contribution is -0.180. The Hall–Kier alpha value is -1.48. The van der Waals surface area contributed by atoms with Gasteiger partial charge in [-0.15, -0.1) is 0 Å². The minimum atomic E-state index is -2.02. The van der Waals surface area contributed by atoms with Crippen molar-refractivity contribution in [1.29, 1.82) is 0 Å². The van der Waals surface area contributed by atoms with Crippen molar-refractivity contribution in [2.45, 2.75) is 90.0 Å². The molecular weight excluding hydrogens is 368 g/mol. The molecule has 0 bridgehead atoms. The average Bonchev–Trinajstić information content (AvgIpc) is 2.66. The van der Waals surface area contributed by atoms with Crippen molar-refractivity contribution < 1.29 is 39.5 Å². The highest BCUT2D eigenvalue weighted by molar-refractivity contribution is 5.82. The van der Waals surface area contributed by atoms with Gasteiger partial charge in [0, 0.05) is 12.0 Å². The summed E-state index contributed by atoms with van der Waals surface area (Å²) in [6.45, 7) is 7.64. The highest BCUT2D eigenvalue weighted by Gasteiger charge is 2.50. The maximum Gasteiger partial charge on any atom is 0.330 e. The number of aliphatic hydroxyl groups excluding tert-OH is 3. The molecule has 0 unspecified atom stereocenters. The van der Waals surface area contributed by atoms with Crippen LogP contribution >= 0.6 is 0 Å². The van der Waals surface area contributed by atoms with E-state index >= 15 is 0 Å². The maximum atomic E-state index is 12.2. The summed E-state index contributed by atoms with van der Waals surface area (Å²) < 4.78 is 10.7. The molecule has 8 heteroatoms. The van der Waals surface area contributed by atoms with E-state index < -0.39 is 59.9 Å². The molecular formula is C20H34O8. The molecule has 0 amide bonds. The van der Waals surface area contributed by atoms with Gasteiger partial charge in [-0.3, -0.25) is 4.79 Å². The SMILES string of the molecule is CCCC[C@@H](O)C=CC(=O)O[C@@H]1[C@@H](C)[C@H](O)[C@@](C)(O)[C@H](O)[C@@H](C)C(=O)O[C@H]1C. The third kappa shape index (κ3) is 6.01. The van der Waals surface area contributed by atoms with Crippen LogP contribution in [-0.4, -0.2) is 68.5 Å². The van der Waals surface area contributed by atoms with Gasteiger partial charge in [-0.1, -0.05) is 26.7 Å². The quantitative estimate of drug-likeness (QED) is 0.377. The zero-order valence-electron chi connectivity index (χ0n) is 17.2. The Kier molecular flexibility index (Phi) is 9.07. The summed E-state index contributed by atoms with van der Waals surface area (Å²) in [4.78, 5) is 24.4. The standard InChI is InChI=1S/C20H34O8/c1-6-7-8-14(21)9-10-15(22)28-16-11(2)17(23)20(5,26)18(24)12(3)19(25)27-13(16)4/h9-14,16-18,21,23-24,26H,6-8H2,1-5H3/t11-,12-,13+,14-,16-,17+,18-,20-/m1/s1. The van der Waals surface area contributed by atoms with Gasteiger partial charge < -0.3 is 29.9 Å². The molecule has 1 heterocycles. The predicted molar refractivity (Wildman–Crippen MR) is 101 cm³/mol.